The van der Waals surface area contributed by atoms with Gasteiger partial charge >= 0.3 is 5.97 Å². The third-order valence-corrected chi connectivity index (χ3v) is 4.09. The number of guanidine groups is 1. The summed E-state index contributed by atoms with van der Waals surface area (Å²) in [7, 11) is 0. The molecule has 0 radical (unpaired) electrons. The van der Waals surface area contributed by atoms with E-state index in [1.165, 1.54) is 0 Å². The monoisotopic (exact) mass is 354 g/mol. The van der Waals surface area contributed by atoms with Crippen LogP contribution in [0, 0.1) is 16.0 Å². The minimum atomic E-state index is -0.770. The number of carbonyl (C=O) groups excluding carboxylic acids is 1. The molecule has 2 aromatic rings. The van der Waals surface area contributed by atoms with E-state index in [0.717, 1.165) is 5.56 Å². The van der Waals surface area contributed by atoms with Crippen molar-refractivity contribution in [2.75, 3.05) is 13.1 Å². The average Bonchev–Trinajstić information content (AvgIpc) is 2.65. The molecule has 1 fully saturated rings. The lowest BCUT2D eigenvalue weighted by Gasteiger charge is -2.30. The van der Waals surface area contributed by atoms with Crippen LogP contribution in [0.3, 0.4) is 0 Å². The number of nitrogens with zero attached hydrogens (tertiary/aromatic N) is 2. The fourth-order valence-electron chi connectivity index (χ4n) is 2.91. The normalized spacial score (nSPS) is 17.4. The van der Waals surface area contributed by atoms with Crippen molar-refractivity contribution in [2.24, 2.45) is 11.0 Å². The number of hydrogen-bond acceptors (Lipinski definition) is 4. The van der Waals surface area contributed by atoms with Crippen molar-refractivity contribution in [3.05, 3.63) is 76.3 Å². The average molecular weight is 354 g/mol. The number of rotatable bonds is 5. The van der Waals surface area contributed by atoms with E-state index in [4.69, 9.17) is 4.74 Å². The van der Waals surface area contributed by atoms with Crippen molar-refractivity contribution in [3.8, 4) is 5.75 Å². The van der Waals surface area contributed by atoms with E-state index in [2.05, 4.69) is 15.7 Å². The van der Waals surface area contributed by atoms with Crippen LogP contribution in [0.4, 0.5) is 0 Å². The maximum absolute atomic E-state index is 12.9. The smallest absolute Gasteiger partial charge is 0.319 e. The standard InChI is InChI=1S/C18H18N4O4/c23-17(26-15-9-5-2-6-10-15)16(13-7-3-1-4-8-13)14-11-19-18(20-12-14)21-22(24)25/h1-10,14,16H,11-12H2,(H2,19,20,21). The first-order valence-corrected chi connectivity index (χ1v) is 8.16. The molecule has 1 aliphatic rings. The first kappa shape index (κ1) is 17.4. The minimum Gasteiger partial charge on any atom is -0.426 e. The van der Waals surface area contributed by atoms with Gasteiger partial charge < -0.3 is 15.4 Å². The molecule has 0 aliphatic carbocycles. The summed E-state index contributed by atoms with van der Waals surface area (Å²) >= 11 is 0. The van der Waals surface area contributed by atoms with Crippen molar-refractivity contribution in [3.63, 3.8) is 0 Å². The summed E-state index contributed by atoms with van der Waals surface area (Å²) < 4.78 is 5.54. The van der Waals surface area contributed by atoms with Gasteiger partial charge in [-0.3, -0.25) is 4.79 Å². The van der Waals surface area contributed by atoms with Gasteiger partial charge in [0.2, 0.25) is 0 Å². The van der Waals surface area contributed by atoms with E-state index in [9.17, 15) is 14.9 Å². The Kier molecular flexibility index (Phi) is 5.43. The lowest BCUT2D eigenvalue weighted by molar-refractivity contribution is -0.485. The second kappa shape index (κ2) is 8.11. The lowest BCUT2D eigenvalue weighted by atomic mass is 9.85. The SMILES string of the molecule is O=C(Oc1ccccc1)C(c1ccccc1)C1CNC(=N[N+](=O)[O-])NC1. The van der Waals surface area contributed by atoms with Gasteiger partial charge in [0.15, 0.2) is 5.03 Å². The van der Waals surface area contributed by atoms with Crippen LogP contribution in [0.25, 0.3) is 0 Å². The first-order chi connectivity index (χ1) is 12.6. The maximum atomic E-state index is 12.9. The zero-order chi connectivity index (χ0) is 18.4. The van der Waals surface area contributed by atoms with E-state index in [0.29, 0.717) is 18.8 Å². The van der Waals surface area contributed by atoms with E-state index < -0.39 is 11.0 Å². The molecule has 1 atom stereocenters. The Labute approximate surface area is 150 Å². The van der Waals surface area contributed by atoms with Crippen molar-refractivity contribution < 1.29 is 14.6 Å². The van der Waals surface area contributed by atoms with E-state index in [1.807, 2.05) is 36.4 Å². The molecule has 0 amide bonds. The highest BCUT2D eigenvalue weighted by molar-refractivity contribution is 5.83. The molecule has 1 aliphatic heterocycles. The number of nitrogens with one attached hydrogen (secondary N) is 2. The minimum absolute atomic E-state index is 0.0921. The van der Waals surface area contributed by atoms with Crippen LogP contribution in [0.15, 0.2) is 65.8 Å². The Morgan fingerprint density at radius 1 is 1.08 bits per heavy atom. The Bertz CT molecular complexity index is 785. The van der Waals surface area contributed by atoms with Crippen molar-refractivity contribution in [2.45, 2.75) is 5.92 Å². The number of benzene rings is 2. The highest BCUT2D eigenvalue weighted by atomic mass is 16.7. The van der Waals surface area contributed by atoms with Crippen LogP contribution in [0.2, 0.25) is 0 Å². The predicted molar refractivity (Wildman–Crippen MR) is 95.2 cm³/mol. The third-order valence-electron chi connectivity index (χ3n) is 4.09. The molecule has 1 saturated heterocycles. The molecule has 0 saturated carbocycles. The number of nitro groups is 1. The first-order valence-electron chi connectivity index (χ1n) is 8.16. The fraction of sp³-hybridized carbons (Fsp3) is 0.222. The second-order valence-electron chi connectivity index (χ2n) is 5.83. The van der Waals surface area contributed by atoms with Crippen LogP contribution in [-0.4, -0.2) is 30.1 Å². The number of esters is 1. The summed E-state index contributed by atoms with van der Waals surface area (Å²) in [6.07, 6.45) is 0. The molecule has 2 aromatic carbocycles. The van der Waals surface area contributed by atoms with Crippen LogP contribution in [0.1, 0.15) is 11.5 Å². The highest BCUT2D eigenvalue weighted by Crippen LogP contribution is 2.27. The van der Waals surface area contributed by atoms with Gasteiger partial charge in [-0.2, -0.15) is 0 Å². The summed E-state index contributed by atoms with van der Waals surface area (Å²) in [5.41, 5.74) is 0.830. The van der Waals surface area contributed by atoms with Gasteiger partial charge in [0, 0.05) is 19.0 Å². The summed E-state index contributed by atoms with van der Waals surface area (Å²) in [6, 6.07) is 18.2. The van der Waals surface area contributed by atoms with Crippen LogP contribution < -0.4 is 15.4 Å². The molecule has 8 heteroatoms. The maximum Gasteiger partial charge on any atom is 0.319 e. The Balaban J connectivity index is 1.79. The van der Waals surface area contributed by atoms with Gasteiger partial charge in [0.05, 0.1) is 5.92 Å². The Hall–Kier alpha value is -3.42. The molecule has 26 heavy (non-hydrogen) atoms. The van der Waals surface area contributed by atoms with E-state index >= 15 is 0 Å². The molecule has 8 nitrogen and oxygen atoms in total. The van der Waals surface area contributed by atoms with Crippen LogP contribution >= 0.6 is 0 Å². The third kappa shape index (κ3) is 4.35. The highest BCUT2D eigenvalue weighted by Gasteiger charge is 2.34. The molecular weight excluding hydrogens is 336 g/mol. The van der Waals surface area contributed by atoms with Gasteiger partial charge in [-0.05, 0) is 17.7 Å². The van der Waals surface area contributed by atoms with Crippen molar-refractivity contribution >= 4 is 11.9 Å². The zero-order valence-corrected chi connectivity index (χ0v) is 13.9. The Morgan fingerprint density at radius 2 is 1.65 bits per heavy atom. The fourth-order valence-corrected chi connectivity index (χ4v) is 2.91. The molecule has 134 valence electrons. The number of ether oxygens (including phenoxy) is 1. The van der Waals surface area contributed by atoms with Gasteiger partial charge in [0.1, 0.15) is 10.9 Å². The quantitative estimate of drug-likeness (QED) is 0.367. The lowest BCUT2D eigenvalue weighted by Crippen LogP contribution is -2.52. The largest absolute Gasteiger partial charge is 0.426 e. The molecule has 3 rings (SSSR count). The number of hydrazone groups is 1. The number of hydrogen-bond donors (Lipinski definition) is 2. The molecule has 1 heterocycles. The van der Waals surface area contributed by atoms with Gasteiger partial charge in [0.25, 0.3) is 5.96 Å². The summed E-state index contributed by atoms with van der Waals surface area (Å²) in [4.78, 5) is 23.3. The zero-order valence-electron chi connectivity index (χ0n) is 13.9. The molecule has 0 bridgehead atoms. The van der Waals surface area contributed by atoms with Gasteiger partial charge in [-0.15, -0.1) is 0 Å². The second-order valence-corrected chi connectivity index (χ2v) is 5.83. The predicted octanol–water partition coefficient (Wildman–Crippen LogP) is 1.73. The summed E-state index contributed by atoms with van der Waals surface area (Å²) in [5.74, 6) is -0.473. The van der Waals surface area contributed by atoms with Crippen molar-refractivity contribution in [1.29, 1.82) is 0 Å². The molecule has 0 aromatic heterocycles. The molecule has 1 unspecified atom stereocenters. The van der Waals surface area contributed by atoms with E-state index in [-0.39, 0.29) is 17.8 Å². The van der Waals surface area contributed by atoms with Crippen LogP contribution in [0.5, 0.6) is 5.75 Å². The summed E-state index contributed by atoms with van der Waals surface area (Å²) in [5, 5.41) is 18.6. The number of carbonyl (C=O) groups is 1. The molecule has 0 spiro atoms. The topological polar surface area (TPSA) is 106 Å². The number of para-hydroxylation sites is 1. The summed E-state index contributed by atoms with van der Waals surface area (Å²) in [6.45, 7) is 0.728. The van der Waals surface area contributed by atoms with Gasteiger partial charge in [-0.25, -0.2) is 10.1 Å². The molecule has 2 N–H and O–H groups in total. The van der Waals surface area contributed by atoms with Gasteiger partial charge in [-0.1, -0.05) is 48.5 Å². The molecular formula is C18H18N4O4. The van der Waals surface area contributed by atoms with Crippen LogP contribution in [-0.2, 0) is 4.79 Å². The van der Waals surface area contributed by atoms with E-state index in [1.54, 1.807) is 24.3 Å². The Morgan fingerprint density at radius 3 is 2.23 bits per heavy atom. The van der Waals surface area contributed by atoms with Crippen molar-refractivity contribution in [1.82, 2.24) is 10.6 Å².